The van der Waals surface area contributed by atoms with Gasteiger partial charge in [-0.25, -0.2) is 0 Å². The number of aryl methyl sites for hydroxylation is 1. The van der Waals surface area contributed by atoms with Crippen LogP contribution in [-0.4, -0.2) is 31.8 Å². The normalized spacial score (nSPS) is 22.8. The molecule has 2 aromatic rings. The van der Waals surface area contributed by atoms with E-state index in [9.17, 15) is 0 Å². The van der Waals surface area contributed by atoms with Crippen molar-refractivity contribution >= 4 is 0 Å². The fraction of sp³-hybridized carbons (Fsp3) is 0.429. The number of methoxy groups -OCH3 is 1. The Kier molecular flexibility index (Phi) is 5.95. The van der Waals surface area contributed by atoms with Crippen LogP contribution >= 0.6 is 0 Å². The van der Waals surface area contributed by atoms with E-state index >= 15 is 0 Å². The fourth-order valence-electron chi connectivity index (χ4n) is 3.30. The molecular formula is C21H28N2O2. The molecule has 0 saturated carbocycles. The molecule has 0 aromatic heterocycles. The van der Waals surface area contributed by atoms with Crippen molar-refractivity contribution in [2.45, 2.75) is 44.9 Å². The van der Waals surface area contributed by atoms with E-state index in [2.05, 4.69) is 48.7 Å². The smallest absolute Gasteiger partial charge is 0.119 e. The van der Waals surface area contributed by atoms with Crippen LogP contribution in [0.2, 0.25) is 0 Å². The van der Waals surface area contributed by atoms with Crippen LogP contribution in [0.25, 0.3) is 0 Å². The van der Waals surface area contributed by atoms with E-state index in [1.165, 1.54) is 11.1 Å². The Morgan fingerprint density at radius 1 is 1.04 bits per heavy atom. The molecule has 4 nitrogen and oxygen atoms in total. The maximum atomic E-state index is 5.99. The maximum absolute atomic E-state index is 5.99. The highest BCUT2D eigenvalue weighted by molar-refractivity contribution is 5.27. The van der Waals surface area contributed by atoms with Gasteiger partial charge >= 0.3 is 0 Å². The molecule has 0 amide bonds. The third-order valence-electron chi connectivity index (χ3n) is 4.77. The Hall–Kier alpha value is -2.04. The van der Waals surface area contributed by atoms with E-state index in [1.807, 2.05) is 24.3 Å². The van der Waals surface area contributed by atoms with Crippen molar-refractivity contribution in [2.75, 3.05) is 13.7 Å². The summed E-state index contributed by atoms with van der Waals surface area (Å²) in [6, 6.07) is 17.7. The second-order valence-corrected chi connectivity index (χ2v) is 6.87. The molecule has 4 heteroatoms. The summed E-state index contributed by atoms with van der Waals surface area (Å²) in [5, 5.41) is 7.31. The quantitative estimate of drug-likeness (QED) is 0.812. The first-order valence-corrected chi connectivity index (χ1v) is 8.96. The van der Waals surface area contributed by atoms with Crippen molar-refractivity contribution in [3.8, 4) is 11.5 Å². The molecule has 0 radical (unpaired) electrons. The Morgan fingerprint density at radius 3 is 2.40 bits per heavy atom. The molecule has 25 heavy (non-hydrogen) atoms. The number of ether oxygens (including phenoxy) is 2. The highest BCUT2D eigenvalue weighted by Crippen LogP contribution is 2.18. The molecule has 2 aromatic carbocycles. The standard InChI is InChI=1S/C21H28N2O2/c1-15-4-8-19(9-5-15)25-14-21-20(12-16(2)23-21)22-13-17-6-10-18(24-3)11-7-17/h4-11,16,20-23H,12-14H2,1-3H3/t16-,20+,21+/m1/s1. The molecule has 1 fully saturated rings. The minimum Gasteiger partial charge on any atom is -0.497 e. The van der Waals surface area contributed by atoms with Gasteiger partial charge in [0.1, 0.15) is 18.1 Å². The van der Waals surface area contributed by atoms with Crippen LogP contribution in [0.15, 0.2) is 48.5 Å². The lowest BCUT2D eigenvalue weighted by Crippen LogP contribution is -2.44. The van der Waals surface area contributed by atoms with Gasteiger partial charge in [-0.1, -0.05) is 29.8 Å². The van der Waals surface area contributed by atoms with Gasteiger partial charge < -0.3 is 20.1 Å². The third kappa shape index (κ3) is 4.97. The van der Waals surface area contributed by atoms with Crippen LogP contribution < -0.4 is 20.1 Å². The first-order chi connectivity index (χ1) is 12.1. The van der Waals surface area contributed by atoms with E-state index in [4.69, 9.17) is 9.47 Å². The van der Waals surface area contributed by atoms with Gasteiger partial charge in [0.05, 0.1) is 13.2 Å². The van der Waals surface area contributed by atoms with Gasteiger partial charge in [0.25, 0.3) is 0 Å². The van der Waals surface area contributed by atoms with Crippen LogP contribution in [0.3, 0.4) is 0 Å². The molecule has 134 valence electrons. The van der Waals surface area contributed by atoms with Crippen LogP contribution in [-0.2, 0) is 6.54 Å². The topological polar surface area (TPSA) is 42.5 Å². The zero-order valence-corrected chi connectivity index (χ0v) is 15.3. The van der Waals surface area contributed by atoms with Crippen LogP contribution in [0.4, 0.5) is 0 Å². The largest absolute Gasteiger partial charge is 0.497 e. The van der Waals surface area contributed by atoms with E-state index < -0.39 is 0 Å². The number of rotatable bonds is 7. The average molecular weight is 340 g/mol. The monoisotopic (exact) mass is 340 g/mol. The van der Waals surface area contributed by atoms with Crippen molar-refractivity contribution in [2.24, 2.45) is 0 Å². The van der Waals surface area contributed by atoms with Crippen LogP contribution in [0.1, 0.15) is 24.5 Å². The van der Waals surface area contributed by atoms with Crippen molar-refractivity contribution in [1.82, 2.24) is 10.6 Å². The molecule has 3 atom stereocenters. The van der Waals surface area contributed by atoms with E-state index in [0.29, 0.717) is 24.7 Å². The Labute approximate surface area is 150 Å². The van der Waals surface area contributed by atoms with Gasteiger partial charge in [-0.15, -0.1) is 0 Å². The van der Waals surface area contributed by atoms with Crippen molar-refractivity contribution in [3.05, 3.63) is 59.7 Å². The van der Waals surface area contributed by atoms with Gasteiger partial charge in [0.2, 0.25) is 0 Å². The summed E-state index contributed by atoms with van der Waals surface area (Å²) < 4.78 is 11.2. The van der Waals surface area contributed by atoms with Gasteiger partial charge in [-0.2, -0.15) is 0 Å². The minimum atomic E-state index is 0.314. The van der Waals surface area contributed by atoms with Crippen molar-refractivity contribution in [3.63, 3.8) is 0 Å². The van der Waals surface area contributed by atoms with Crippen LogP contribution in [0, 0.1) is 6.92 Å². The van der Waals surface area contributed by atoms with Gasteiger partial charge in [0, 0.05) is 18.6 Å². The van der Waals surface area contributed by atoms with Gasteiger partial charge in [-0.05, 0) is 50.1 Å². The molecule has 1 aliphatic heterocycles. The van der Waals surface area contributed by atoms with Crippen molar-refractivity contribution < 1.29 is 9.47 Å². The summed E-state index contributed by atoms with van der Waals surface area (Å²) >= 11 is 0. The average Bonchev–Trinajstić information content (AvgIpc) is 2.99. The number of nitrogens with one attached hydrogen (secondary N) is 2. The first-order valence-electron chi connectivity index (χ1n) is 8.96. The minimum absolute atomic E-state index is 0.314. The lowest BCUT2D eigenvalue weighted by molar-refractivity contribution is 0.253. The Bertz CT molecular complexity index is 655. The summed E-state index contributed by atoms with van der Waals surface area (Å²) in [6.45, 7) is 5.84. The highest BCUT2D eigenvalue weighted by Gasteiger charge is 2.31. The van der Waals surface area contributed by atoms with Crippen LogP contribution in [0.5, 0.6) is 11.5 Å². The molecule has 0 aliphatic carbocycles. The molecular weight excluding hydrogens is 312 g/mol. The fourth-order valence-corrected chi connectivity index (χ4v) is 3.30. The lowest BCUT2D eigenvalue weighted by Gasteiger charge is -2.21. The first kappa shape index (κ1) is 17.8. The third-order valence-corrected chi connectivity index (χ3v) is 4.77. The molecule has 1 aliphatic rings. The number of hydrogen-bond acceptors (Lipinski definition) is 4. The zero-order chi connectivity index (χ0) is 17.6. The summed E-state index contributed by atoms with van der Waals surface area (Å²) in [4.78, 5) is 0. The van der Waals surface area contributed by atoms with E-state index in [-0.39, 0.29) is 0 Å². The SMILES string of the molecule is COc1ccc(CN[C@H]2C[C@@H](C)N[C@H]2COc2ccc(C)cc2)cc1. The van der Waals surface area contributed by atoms with E-state index in [1.54, 1.807) is 7.11 Å². The molecule has 0 spiro atoms. The van der Waals surface area contributed by atoms with E-state index in [0.717, 1.165) is 24.5 Å². The molecule has 1 saturated heterocycles. The molecule has 0 bridgehead atoms. The second kappa shape index (κ2) is 8.37. The summed E-state index contributed by atoms with van der Waals surface area (Å²) in [6.07, 6.45) is 1.11. The molecule has 0 unspecified atom stereocenters. The van der Waals surface area contributed by atoms with Crippen molar-refractivity contribution in [1.29, 1.82) is 0 Å². The molecule has 1 heterocycles. The Morgan fingerprint density at radius 2 is 1.72 bits per heavy atom. The predicted molar refractivity (Wildman–Crippen MR) is 101 cm³/mol. The zero-order valence-electron chi connectivity index (χ0n) is 15.3. The number of hydrogen-bond donors (Lipinski definition) is 2. The summed E-state index contributed by atoms with van der Waals surface area (Å²) in [5.74, 6) is 1.82. The predicted octanol–water partition coefficient (Wildman–Crippen LogP) is 3.29. The van der Waals surface area contributed by atoms with Gasteiger partial charge in [0.15, 0.2) is 0 Å². The lowest BCUT2D eigenvalue weighted by atomic mass is 10.1. The second-order valence-electron chi connectivity index (χ2n) is 6.87. The molecule has 3 rings (SSSR count). The summed E-state index contributed by atoms with van der Waals surface area (Å²) in [5.41, 5.74) is 2.51. The Balaban J connectivity index is 1.52. The number of benzene rings is 2. The highest BCUT2D eigenvalue weighted by atomic mass is 16.5. The summed E-state index contributed by atoms with van der Waals surface area (Å²) in [7, 11) is 1.69. The molecule has 2 N–H and O–H groups in total. The van der Waals surface area contributed by atoms with Gasteiger partial charge in [-0.3, -0.25) is 0 Å². The maximum Gasteiger partial charge on any atom is 0.119 e.